The highest BCUT2D eigenvalue weighted by Gasteiger charge is 2.70. The number of ether oxygens (including phenoxy) is 1. The maximum Gasteiger partial charge on any atom is 0.260 e. The molecule has 0 bridgehead atoms. The first kappa shape index (κ1) is 31.6. The number of anilines is 1. The molecule has 50 heavy (non-hydrogen) atoms. The number of likely N-dealkylation sites (tertiary alicyclic amines) is 1. The number of rotatable bonds is 7. The van der Waals surface area contributed by atoms with Crippen LogP contribution in [0.4, 0.5) is 5.69 Å². The normalized spacial score (nSPS) is 27.1. The van der Waals surface area contributed by atoms with Crippen LogP contribution in [0, 0.1) is 30.6 Å². The number of hydrogen-bond donors (Lipinski definition) is 2. The Labute approximate surface area is 290 Å². The van der Waals surface area contributed by atoms with Crippen LogP contribution in [0.3, 0.4) is 0 Å². The quantitative estimate of drug-likeness (QED) is 0.186. The Balaban J connectivity index is 1.31. The molecule has 2 N–H and O–H groups in total. The van der Waals surface area contributed by atoms with Gasteiger partial charge in [-0.1, -0.05) is 90.0 Å². The lowest BCUT2D eigenvalue weighted by atomic mass is 9.49. The van der Waals surface area contributed by atoms with Crippen LogP contribution in [-0.4, -0.2) is 45.8 Å². The molecule has 4 aromatic carbocycles. The van der Waals surface area contributed by atoms with Gasteiger partial charge in [-0.3, -0.25) is 29.5 Å². The lowest BCUT2D eigenvalue weighted by molar-refractivity contribution is -0.142. The summed E-state index contributed by atoms with van der Waals surface area (Å²) in [5, 5.41) is 12.7. The zero-order chi connectivity index (χ0) is 34.7. The van der Waals surface area contributed by atoms with Crippen molar-refractivity contribution < 1.29 is 29.0 Å². The van der Waals surface area contributed by atoms with Gasteiger partial charge in [-0.2, -0.15) is 5.01 Å². The second kappa shape index (κ2) is 12.0. The number of phenolic OH excluding ortho intramolecular Hbond substituents is 1. The van der Waals surface area contributed by atoms with Crippen molar-refractivity contribution in [3.63, 3.8) is 0 Å². The molecule has 0 aromatic heterocycles. The van der Waals surface area contributed by atoms with Gasteiger partial charge < -0.3 is 9.84 Å². The summed E-state index contributed by atoms with van der Waals surface area (Å²) in [5.41, 5.74) is 5.90. The number of nitrogens with zero attached hydrogens (tertiary/aromatic N) is 2. The van der Waals surface area contributed by atoms with E-state index in [1.165, 1.54) is 18.1 Å². The predicted molar refractivity (Wildman–Crippen MR) is 185 cm³/mol. The third-order valence-electron chi connectivity index (χ3n) is 11.2. The fourth-order valence-electron chi connectivity index (χ4n) is 8.97. The largest absolute Gasteiger partial charge is 0.508 e. The summed E-state index contributed by atoms with van der Waals surface area (Å²) in [4.78, 5) is 59.7. The minimum absolute atomic E-state index is 0.0572. The number of amides is 4. The summed E-state index contributed by atoms with van der Waals surface area (Å²) >= 11 is 0. The van der Waals surface area contributed by atoms with Crippen LogP contribution < -0.4 is 10.2 Å². The highest BCUT2D eigenvalue weighted by atomic mass is 16.5. The summed E-state index contributed by atoms with van der Waals surface area (Å²) in [6, 6.07) is 31.0. The Morgan fingerprint density at radius 3 is 2.24 bits per heavy atom. The van der Waals surface area contributed by atoms with E-state index in [2.05, 4.69) is 5.43 Å². The SMILES string of the molecule is COc1ccc(O)c([C@H]2C3=CC[C@@H]4C(=O)N(Cc5ccccc5)C(=O)[C@@H]4[C@@H]3C[C@H]3C(=O)N(Nc4ccc(C)cc4)C(=O)[C@@]23c2ccccc2)c1. The Morgan fingerprint density at radius 1 is 0.840 bits per heavy atom. The van der Waals surface area contributed by atoms with Gasteiger partial charge in [0.25, 0.3) is 11.8 Å². The number of carbonyl (C=O) groups excluding carboxylic acids is 4. The van der Waals surface area contributed by atoms with Gasteiger partial charge in [-0.15, -0.1) is 0 Å². The monoisotopic (exact) mass is 667 g/mol. The molecule has 2 aliphatic heterocycles. The third kappa shape index (κ3) is 4.67. The van der Waals surface area contributed by atoms with Crippen molar-refractivity contribution in [2.75, 3.05) is 12.5 Å². The summed E-state index contributed by atoms with van der Waals surface area (Å²) < 4.78 is 5.60. The molecule has 2 aliphatic carbocycles. The van der Waals surface area contributed by atoms with Gasteiger partial charge >= 0.3 is 0 Å². The van der Waals surface area contributed by atoms with Gasteiger partial charge in [0.05, 0.1) is 42.5 Å². The maximum atomic E-state index is 15.2. The van der Waals surface area contributed by atoms with Crippen molar-refractivity contribution in [1.82, 2.24) is 9.91 Å². The average Bonchev–Trinajstić information content (AvgIpc) is 3.51. The first-order valence-corrected chi connectivity index (χ1v) is 17.0. The second-order valence-electron chi connectivity index (χ2n) is 13.8. The number of phenols is 1. The molecular formula is C41H37N3O6. The minimum atomic E-state index is -1.48. The molecule has 9 nitrogen and oxygen atoms in total. The van der Waals surface area contributed by atoms with Gasteiger partial charge in [0.2, 0.25) is 11.8 Å². The van der Waals surface area contributed by atoms with E-state index in [9.17, 15) is 19.5 Å². The summed E-state index contributed by atoms with van der Waals surface area (Å²) in [6.07, 6.45) is 2.47. The van der Waals surface area contributed by atoms with Gasteiger partial charge in [-0.05, 0) is 67.1 Å². The number of nitrogens with one attached hydrogen (secondary N) is 1. The molecular weight excluding hydrogens is 630 g/mol. The molecule has 4 amide bonds. The number of carbonyl (C=O) groups is 4. The number of aryl methyl sites for hydroxylation is 1. The van der Waals surface area contributed by atoms with E-state index >= 15 is 4.79 Å². The number of benzene rings is 4. The van der Waals surface area contributed by atoms with E-state index in [0.717, 1.165) is 21.7 Å². The van der Waals surface area contributed by atoms with Crippen LogP contribution in [0.5, 0.6) is 11.5 Å². The van der Waals surface area contributed by atoms with Gasteiger partial charge in [0, 0.05) is 11.5 Å². The van der Waals surface area contributed by atoms with E-state index < -0.39 is 46.8 Å². The lowest BCUT2D eigenvalue weighted by Crippen LogP contribution is -2.53. The number of fused-ring (bicyclic) bond motifs is 4. The van der Waals surface area contributed by atoms with Crippen LogP contribution >= 0.6 is 0 Å². The smallest absolute Gasteiger partial charge is 0.260 e. The Bertz CT molecular complexity index is 2050. The van der Waals surface area contributed by atoms with E-state index in [1.54, 1.807) is 12.1 Å². The molecule has 4 aromatic rings. The Kier molecular flexibility index (Phi) is 7.58. The van der Waals surface area contributed by atoms with Gasteiger partial charge in [-0.25, -0.2) is 0 Å². The zero-order valence-corrected chi connectivity index (χ0v) is 27.8. The van der Waals surface area contributed by atoms with Crippen LogP contribution in [0.2, 0.25) is 0 Å². The summed E-state index contributed by atoms with van der Waals surface area (Å²) in [6.45, 7) is 2.12. The molecule has 0 spiro atoms. The van der Waals surface area contributed by atoms with Crippen LogP contribution in [0.1, 0.15) is 41.0 Å². The third-order valence-corrected chi connectivity index (χ3v) is 11.2. The number of imide groups is 2. The van der Waals surface area contributed by atoms with Gasteiger partial charge in [0.15, 0.2) is 0 Å². The van der Waals surface area contributed by atoms with E-state index in [4.69, 9.17) is 4.74 Å². The molecule has 3 fully saturated rings. The molecule has 8 rings (SSSR count). The molecule has 4 aliphatic rings. The number of aromatic hydroxyl groups is 1. The van der Waals surface area contributed by atoms with Crippen LogP contribution in [0.25, 0.3) is 0 Å². The highest BCUT2D eigenvalue weighted by Crippen LogP contribution is 2.65. The standard InChI is InChI=1S/C41H37N3O6/c1-24-13-15-27(16-14-24)42-44-38(47)33-22-31-29(18-19-30-35(31)39(48)43(37(30)46)23-25-9-5-3-6-10-25)36(32-21-28(50-2)17-20-34(32)45)41(33,40(44)49)26-11-7-4-8-12-26/h3-18,20-21,30-31,33,35-36,42,45H,19,22-23H2,1-2H3/t30-,31+,33-,35-,36+,41+/m0/s1. The molecule has 0 unspecified atom stereocenters. The van der Waals surface area contributed by atoms with Crippen molar-refractivity contribution >= 4 is 29.3 Å². The summed E-state index contributed by atoms with van der Waals surface area (Å²) in [7, 11) is 1.53. The van der Waals surface area contributed by atoms with Crippen molar-refractivity contribution in [2.24, 2.45) is 23.7 Å². The van der Waals surface area contributed by atoms with E-state index in [1.807, 2.05) is 97.9 Å². The van der Waals surface area contributed by atoms with E-state index in [-0.39, 0.29) is 30.5 Å². The number of methoxy groups -OCH3 is 1. The Hall–Kier alpha value is -5.70. The number of allylic oxidation sites excluding steroid dienone is 2. The lowest BCUT2D eigenvalue weighted by Gasteiger charge is -2.50. The summed E-state index contributed by atoms with van der Waals surface area (Å²) in [5.74, 6) is -4.55. The van der Waals surface area contributed by atoms with Crippen molar-refractivity contribution in [3.8, 4) is 11.5 Å². The topological polar surface area (TPSA) is 116 Å². The molecule has 2 heterocycles. The van der Waals surface area contributed by atoms with Crippen molar-refractivity contribution in [1.29, 1.82) is 0 Å². The van der Waals surface area contributed by atoms with Crippen LogP contribution in [-0.2, 0) is 31.1 Å². The molecule has 1 saturated carbocycles. The average molecular weight is 668 g/mol. The fraction of sp³-hybridized carbons (Fsp3) is 0.268. The maximum absolute atomic E-state index is 15.2. The number of hydrazine groups is 1. The fourth-order valence-corrected chi connectivity index (χ4v) is 8.97. The molecule has 0 radical (unpaired) electrons. The minimum Gasteiger partial charge on any atom is -0.508 e. The van der Waals surface area contributed by atoms with Gasteiger partial charge in [0.1, 0.15) is 11.5 Å². The highest BCUT2D eigenvalue weighted by molar-refractivity contribution is 6.13. The second-order valence-corrected chi connectivity index (χ2v) is 13.8. The molecule has 6 atom stereocenters. The first-order chi connectivity index (χ1) is 24.2. The van der Waals surface area contributed by atoms with Crippen molar-refractivity contribution in [3.05, 3.63) is 137 Å². The molecule has 9 heteroatoms. The Morgan fingerprint density at radius 2 is 1.54 bits per heavy atom. The predicted octanol–water partition coefficient (Wildman–Crippen LogP) is 5.89. The zero-order valence-electron chi connectivity index (χ0n) is 27.8. The molecule has 2 saturated heterocycles. The van der Waals surface area contributed by atoms with E-state index in [0.29, 0.717) is 29.0 Å². The first-order valence-electron chi connectivity index (χ1n) is 17.0. The molecule has 252 valence electrons. The van der Waals surface area contributed by atoms with Crippen molar-refractivity contribution in [2.45, 2.75) is 37.6 Å². The van der Waals surface area contributed by atoms with Crippen LogP contribution in [0.15, 0.2) is 115 Å². The number of hydrogen-bond acceptors (Lipinski definition) is 7.